The number of aryl methyl sites for hydroxylation is 1. The fraction of sp³-hybridized carbons (Fsp3) is 0.522. The second-order valence-corrected chi connectivity index (χ2v) is 8.34. The summed E-state index contributed by atoms with van der Waals surface area (Å²) in [5.41, 5.74) is 0.681. The van der Waals surface area contributed by atoms with E-state index in [0.29, 0.717) is 16.3 Å². The Balaban J connectivity index is 2.29. The highest BCUT2D eigenvalue weighted by molar-refractivity contribution is 6.30. The molecule has 36 heavy (non-hydrogen) atoms. The van der Waals surface area contributed by atoms with Crippen molar-refractivity contribution < 1.29 is 52.4 Å². The Labute approximate surface area is 212 Å². The third kappa shape index (κ3) is 8.68. The molecule has 198 valence electrons. The lowest BCUT2D eigenvalue weighted by molar-refractivity contribution is -0.272. The molecular formula is C23H28ClNO11. The number of carbonyl (C=O) groups excluding carboxylic acids is 5. The van der Waals surface area contributed by atoms with Gasteiger partial charge in [-0.3, -0.25) is 19.2 Å². The van der Waals surface area contributed by atoms with Crippen LogP contribution in [0.4, 0.5) is 0 Å². The Morgan fingerprint density at radius 3 is 2.14 bits per heavy atom. The van der Waals surface area contributed by atoms with Crippen LogP contribution in [-0.2, 0) is 47.7 Å². The molecule has 0 aromatic heterocycles. The molecule has 1 fully saturated rings. The summed E-state index contributed by atoms with van der Waals surface area (Å²) in [6.07, 6.45) is -5.37. The SMILES string of the molecule is CC(=O)N[C@H]1[C@H](OC(=O)COc2ccc(Cl)cc2C)O[C@@H](COC(C)=O)[C@@H](OC(C)=O)[C@H]1OC(C)=O. The molecule has 12 nitrogen and oxygen atoms in total. The zero-order valence-corrected chi connectivity index (χ0v) is 21.2. The summed E-state index contributed by atoms with van der Waals surface area (Å²) in [7, 11) is 0. The van der Waals surface area contributed by atoms with Crippen molar-refractivity contribution in [1.82, 2.24) is 5.32 Å². The third-order valence-corrected chi connectivity index (χ3v) is 5.04. The molecule has 0 saturated carbocycles. The molecule has 0 unspecified atom stereocenters. The summed E-state index contributed by atoms with van der Waals surface area (Å²) >= 11 is 5.92. The molecule has 1 aliphatic heterocycles. The van der Waals surface area contributed by atoms with Gasteiger partial charge in [0.15, 0.2) is 18.8 Å². The number of rotatable bonds is 9. The molecular weight excluding hydrogens is 502 g/mol. The molecule has 0 radical (unpaired) electrons. The van der Waals surface area contributed by atoms with E-state index in [2.05, 4.69) is 5.32 Å². The van der Waals surface area contributed by atoms with Crippen LogP contribution in [0, 0.1) is 6.92 Å². The Morgan fingerprint density at radius 1 is 0.944 bits per heavy atom. The molecule has 13 heteroatoms. The quantitative estimate of drug-likeness (QED) is 0.363. The number of hydrogen-bond acceptors (Lipinski definition) is 11. The lowest BCUT2D eigenvalue weighted by Crippen LogP contribution is -2.66. The van der Waals surface area contributed by atoms with Gasteiger partial charge in [0.2, 0.25) is 12.2 Å². The van der Waals surface area contributed by atoms with E-state index in [1.807, 2.05) is 0 Å². The second-order valence-electron chi connectivity index (χ2n) is 7.91. The first-order valence-electron chi connectivity index (χ1n) is 10.9. The van der Waals surface area contributed by atoms with Crippen LogP contribution in [0.25, 0.3) is 0 Å². The monoisotopic (exact) mass is 529 g/mol. The first-order chi connectivity index (χ1) is 16.9. The summed E-state index contributed by atoms with van der Waals surface area (Å²) in [5, 5.41) is 2.99. The molecule has 1 aromatic rings. The normalized spacial score (nSPS) is 23.1. The Bertz CT molecular complexity index is 998. The minimum absolute atomic E-state index is 0.389. The number of nitrogens with one attached hydrogen (secondary N) is 1. The Hall–Kier alpha value is -3.38. The lowest BCUT2D eigenvalue weighted by atomic mass is 9.96. The van der Waals surface area contributed by atoms with Gasteiger partial charge in [-0.2, -0.15) is 0 Å². The van der Waals surface area contributed by atoms with Gasteiger partial charge < -0.3 is 33.7 Å². The van der Waals surface area contributed by atoms with Crippen molar-refractivity contribution in [1.29, 1.82) is 0 Å². The van der Waals surface area contributed by atoms with E-state index < -0.39 is 73.6 Å². The van der Waals surface area contributed by atoms with Crippen molar-refractivity contribution in [3.63, 3.8) is 0 Å². The molecule has 2 rings (SSSR count). The molecule has 1 aliphatic rings. The van der Waals surface area contributed by atoms with E-state index in [9.17, 15) is 24.0 Å². The minimum atomic E-state index is -1.52. The molecule has 1 aromatic carbocycles. The number of hydrogen-bond donors (Lipinski definition) is 1. The van der Waals surface area contributed by atoms with E-state index in [1.165, 1.54) is 6.92 Å². The van der Waals surface area contributed by atoms with Gasteiger partial charge in [-0.25, -0.2) is 4.79 Å². The van der Waals surface area contributed by atoms with Crippen LogP contribution < -0.4 is 10.1 Å². The van der Waals surface area contributed by atoms with E-state index in [4.69, 9.17) is 40.0 Å². The number of halogens is 1. The zero-order valence-electron chi connectivity index (χ0n) is 20.4. The van der Waals surface area contributed by atoms with Gasteiger partial charge >= 0.3 is 23.9 Å². The van der Waals surface area contributed by atoms with Gasteiger partial charge in [-0.05, 0) is 30.7 Å². The number of carbonyl (C=O) groups is 5. The first kappa shape index (κ1) is 28.9. The fourth-order valence-corrected chi connectivity index (χ4v) is 3.69. The number of ether oxygens (including phenoxy) is 6. The molecule has 1 heterocycles. The van der Waals surface area contributed by atoms with Crippen LogP contribution in [-0.4, -0.2) is 73.6 Å². The maximum absolute atomic E-state index is 12.6. The molecule has 5 atom stereocenters. The largest absolute Gasteiger partial charge is 0.482 e. The van der Waals surface area contributed by atoms with Crippen molar-refractivity contribution in [2.75, 3.05) is 13.2 Å². The average Bonchev–Trinajstić information content (AvgIpc) is 2.75. The van der Waals surface area contributed by atoms with Crippen molar-refractivity contribution in [3.8, 4) is 5.75 Å². The summed E-state index contributed by atoms with van der Waals surface area (Å²) in [4.78, 5) is 59.5. The number of amides is 1. The molecule has 0 aliphatic carbocycles. The number of benzene rings is 1. The van der Waals surface area contributed by atoms with Crippen LogP contribution in [0.15, 0.2) is 18.2 Å². The molecule has 1 N–H and O–H groups in total. The highest BCUT2D eigenvalue weighted by Crippen LogP contribution is 2.28. The first-order valence-corrected chi connectivity index (χ1v) is 11.2. The van der Waals surface area contributed by atoms with Gasteiger partial charge in [0.25, 0.3) is 0 Å². The smallest absolute Gasteiger partial charge is 0.346 e. The van der Waals surface area contributed by atoms with Crippen LogP contribution in [0.2, 0.25) is 5.02 Å². The highest BCUT2D eigenvalue weighted by Gasteiger charge is 2.52. The summed E-state index contributed by atoms with van der Waals surface area (Å²) in [6.45, 7) is 5.34. The van der Waals surface area contributed by atoms with E-state index >= 15 is 0 Å². The molecule has 0 bridgehead atoms. The average molecular weight is 530 g/mol. The van der Waals surface area contributed by atoms with Gasteiger partial charge in [0.1, 0.15) is 24.5 Å². The van der Waals surface area contributed by atoms with E-state index in [1.54, 1.807) is 25.1 Å². The molecule has 1 saturated heterocycles. The van der Waals surface area contributed by atoms with E-state index in [0.717, 1.165) is 20.8 Å². The van der Waals surface area contributed by atoms with Crippen LogP contribution in [0.1, 0.15) is 33.3 Å². The Kier molecular flexibility index (Phi) is 10.5. The maximum Gasteiger partial charge on any atom is 0.346 e. The van der Waals surface area contributed by atoms with Gasteiger partial charge in [0.05, 0.1) is 0 Å². The second kappa shape index (κ2) is 13.1. The predicted molar refractivity (Wildman–Crippen MR) is 122 cm³/mol. The minimum Gasteiger partial charge on any atom is -0.482 e. The fourth-order valence-electron chi connectivity index (χ4n) is 3.47. The summed E-state index contributed by atoms with van der Waals surface area (Å²) in [6, 6.07) is 3.55. The van der Waals surface area contributed by atoms with Crippen molar-refractivity contribution in [2.45, 2.75) is 65.3 Å². The third-order valence-electron chi connectivity index (χ3n) is 4.80. The molecule has 0 spiro atoms. The van der Waals surface area contributed by atoms with Crippen molar-refractivity contribution >= 4 is 41.4 Å². The van der Waals surface area contributed by atoms with E-state index in [-0.39, 0.29) is 0 Å². The topological polar surface area (TPSA) is 153 Å². The predicted octanol–water partition coefficient (Wildman–Crippen LogP) is 1.23. The summed E-state index contributed by atoms with van der Waals surface area (Å²) < 4.78 is 32.2. The zero-order chi connectivity index (χ0) is 27.0. The van der Waals surface area contributed by atoms with Gasteiger partial charge in [-0.15, -0.1) is 0 Å². The summed E-state index contributed by atoms with van der Waals surface area (Å²) in [5.74, 6) is -3.25. The molecule has 1 amide bonds. The maximum atomic E-state index is 12.6. The standard InChI is InChI=1S/C23H28ClNO11/c1-11-8-16(24)6-7-17(11)32-10-19(30)36-23-20(25-12(2)26)22(34-15(5)29)21(33-14(4)28)18(35-23)9-31-13(3)27/h6-8,18,20-23H,9-10H2,1-5H3,(H,25,26)/t18-,20+,21+,22-,23-/m0/s1. The van der Waals surface area contributed by atoms with Crippen LogP contribution >= 0.6 is 11.6 Å². The van der Waals surface area contributed by atoms with Gasteiger partial charge in [-0.1, -0.05) is 11.6 Å². The number of esters is 4. The Morgan fingerprint density at radius 2 is 1.58 bits per heavy atom. The van der Waals surface area contributed by atoms with Crippen molar-refractivity contribution in [2.24, 2.45) is 0 Å². The lowest BCUT2D eigenvalue weighted by Gasteiger charge is -2.44. The van der Waals surface area contributed by atoms with Crippen LogP contribution in [0.5, 0.6) is 5.75 Å². The highest BCUT2D eigenvalue weighted by atomic mass is 35.5. The van der Waals surface area contributed by atoms with Crippen molar-refractivity contribution in [3.05, 3.63) is 28.8 Å². The van der Waals surface area contributed by atoms with Crippen LogP contribution in [0.3, 0.4) is 0 Å². The van der Waals surface area contributed by atoms with Gasteiger partial charge in [0, 0.05) is 32.7 Å².